The van der Waals surface area contributed by atoms with Crippen molar-refractivity contribution in [3.63, 3.8) is 0 Å². The number of ether oxygens (including phenoxy) is 1. The monoisotopic (exact) mass is 744 g/mol. The van der Waals surface area contributed by atoms with E-state index in [1.54, 1.807) is 0 Å². The number of aromatic nitrogens is 3. The first kappa shape index (κ1) is 27.4. The molecule has 5 aromatic heterocycles. The van der Waals surface area contributed by atoms with Gasteiger partial charge in [0.15, 0.2) is 0 Å². The van der Waals surface area contributed by atoms with Gasteiger partial charge < -0.3 is 18.1 Å². The fraction of sp³-hybridized carbons (Fsp3) is 0.167. The van der Waals surface area contributed by atoms with Gasteiger partial charge in [-0.1, -0.05) is 68.1 Å². The molecule has 8 aromatic rings. The van der Waals surface area contributed by atoms with Crippen molar-refractivity contribution in [1.29, 1.82) is 0 Å². The zero-order valence-corrected chi connectivity index (χ0v) is 26.6. The fourth-order valence-electron chi connectivity index (χ4n) is 5.57. The van der Waals surface area contributed by atoms with E-state index in [-0.39, 0.29) is 26.5 Å². The Kier molecular flexibility index (Phi) is 6.26. The van der Waals surface area contributed by atoms with Crippen LogP contribution >= 0.6 is 0 Å². The third-order valence-corrected chi connectivity index (χ3v) is 8.06. The van der Waals surface area contributed by atoms with E-state index in [9.17, 15) is 0 Å². The molecule has 0 radical (unpaired) electrons. The maximum atomic E-state index is 6.36. The Hall–Kier alpha value is -4.41. The zero-order valence-electron chi connectivity index (χ0n) is 24.3. The van der Waals surface area contributed by atoms with Crippen LogP contribution in [-0.4, -0.2) is 14.5 Å². The van der Waals surface area contributed by atoms with Gasteiger partial charge in [0.25, 0.3) is 0 Å². The molecular formula is C36H27N3O3Pt. The number of nitrogens with zero attached hydrogens (tertiary/aromatic N) is 3. The summed E-state index contributed by atoms with van der Waals surface area (Å²) in [6.45, 7) is 10.6. The molecule has 6 nitrogen and oxygen atoms in total. The van der Waals surface area contributed by atoms with Gasteiger partial charge in [0.2, 0.25) is 5.78 Å². The van der Waals surface area contributed by atoms with Crippen molar-refractivity contribution in [3.05, 3.63) is 102 Å². The summed E-state index contributed by atoms with van der Waals surface area (Å²) >= 11 is 0. The van der Waals surface area contributed by atoms with Crippen molar-refractivity contribution in [2.45, 2.75) is 40.0 Å². The Bertz CT molecular complexity index is 2350. The van der Waals surface area contributed by atoms with Gasteiger partial charge in [0, 0.05) is 40.4 Å². The predicted octanol–water partition coefficient (Wildman–Crippen LogP) is 9.52. The summed E-state index contributed by atoms with van der Waals surface area (Å²) < 4.78 is 20.6. The van der Waals surface area contributed by atoms with Crippen molar-refractivity contribution in [3.8, 4) is 17.3 Å². The van der Waals surface area contributed by atoms with Gasteiger partial charge >= 0.3 is 21.1 Å². The fourth-order valence-corrected chi connectivity index (χ4v) is 5.57. The van der Waals surface area contributed by atoms with Crippen LogP contribution in [0.4, 0.5) is 0 Å². The van der Waals surface area contributed by atoms with Gasteiger partial charge in [-0.2, -0.15) is 6.07 Å². The Balaban J connectivity index is 0.00000300. The quantitative estimate of drug-likeness (QED) is 0.169. The first-order valence-corrected chi connectivity index (χ1v) is 14.0. The van der Waals surface area contributed by atoms with Gasteiger partial charge in [0.1, 0.15) is 11.4 Å². The number of rotatable bonds is 3. The largest absolute Gasteiger partial charge is 2.00 e. The van der Waals surface area contributed by atoms with Crippen molar-refractivity contribution in [2.75, 3.05) is 0 Å². The minimum atomic E-state index is -0.0397. The van der Waals surface area contributed by atoms with Gasteiger partial charge in [-0.05, 0) is 59.5 Å². The van der Waals surface area contributed by atoms with Crippen molar-refractivity contribution in [1.82, 2.24) is 14.5 Å². The average molecular weight is 745 g/mol. The van der Waals surface area contributed by atoms with Crippen LogP contribution in [0.2, 0.25) is 0 Å². The summed E-state index contributed by atoms with van der Waals surface area (Å²) in [5.74, 6) is 2.41. The number of aryl methyl sites for hydroxylation is 2. The molecule has 0 saturated heterocycles. The smallest absolute Gasteiger partial charge is 0.503 e. The van der Waals surface area contributed by atoms with Crippen LogP contribution in [0.1, 0.15) is 37.5 Å². The van der Waals surface area contributed by atoms with Crippen LogP contribution in [-0.2, 0) is 26.5 Å². The average Bonchev–Trinajstić information content (AvgIpc) is 3.61. The summed E-state index contributed by atoms with van der Waals surface area (Å²) in [7, 11) is 0. The van der Waals surface area contributed by atoms with E-state index in [4.69, 9.17) is 23.5 Å². The second-order valence-corrected chi connectivity index (χ2v) is 11.9. The maximum absolute atomic E-state index is 6.36. The van der Waals surface area contributed by atoms with Crippen LogP contribution < -0.4 is 4.74 Å². The van der Waals surface area contributed by atoms with E-state index < -0.39 is 0 Å². The molecule has 0 aliphatic rings. The van der Waals surface area contributed by atoms with E-state index in [0.717, 1.165) is 55.0 Å². The number of para-hydroxylation sites is 1. The van der Waals surface area contributed by atoms with Crippen LogP contribution in [0.15, 0.2) is 81.9 Å². The van der Waals surface area contributed by atoms with E-state index in [2.05, 4.69) is 81.7 Å². The molecule has 0 bridgehead atoms. The van der Waals surface area contributed by atoms with Crippen LogP contribution in [0.5, 0.6) is 11.5 Å². The molecule has 0 aliphatic heterocycles. The maximum Gasteiger partial charge on any atom is 2.00 e. The van der Waals surface area contributed by atoms with E-state index in [1.165, 1.54) is 5.56 Å². The summed E-state index contributed by atoms with van der Waals surface area (Å²) in [4.78, 5) is 9.51. The number of furan rings is 2. The molecule has 0 amide bonds. The molecule has 214 valence electrons. The Labute approximate surface area is 262 Å². The number of fused-ring (bicyclic) bond motifs is 8. The number of pyridine rings is 2. The molecule has 3 aromatic carbocycles. The molecule has 0 saturated carbocycles. The summed E-state index contributed by atoms with van der Waals surface area (Å²) in [6.07, 6.45) is 3.82. The molecule has 0 atom stereocenters. The Morgan fingerprint density at radius 3 is 2.37 bits per heavy atom. The van der Waals surface area contributed by atoms with E-state index in [1.807, 2.05) is 42.7 Å². The van der Waals surface area contributed by atoms with Crippen molar-refractivity contribution in [2.24, 2.45) is 0 Å². The molecule has 5 heterocycles. The van der Waals surface area contributed by atoms with Gasteiger partial charge in [0.05, 0.1) is 5.52 Å². The topological polar surface area (TPSA) is 66.2 Å². The second kappa shape index (κ2) is 9.82. The van der Waals surface area contributed by atoms with Crippen LogP contribution in [0, 0.1) is 26.0 Å². The molecular weight excluding hydrogens is 717 g/mol. The molecule has 0 spiro atoms. The molecule has 0 aliphatic carbocycles. The standard InChI is InChI=1S/C36H27N3O3.Pt/c1-20-14-32(37-18-21(20)2)39-28-9-7-6-8-25(28)26-12-10-24(17-29(26)39)40-23-11-13-30-27(16-23)33-34-31(42-35(33)41-30)15-22(19-38-34)36(3,4)5;/h6-15,18-19H,1-5H3;/q-2;+2. The first-order valence-electron chi connectivity index (χ1n) is 14.0. The number of benzene rings is 3. The Morgan fingerprint density at radius 2 is 1.56 bits per heavy atom. The number of hydrogen-bond donors (Lipinski definition) is 0. The molecule has 0 fully saturated rings. The normalized spacial score (nSPS) is 12.1. The van der Waals surface area contributed by atoms with Crippen molar-refractivity contribution < 1.29 is 34.6 Å². The third kappa shape index (κ3) is 4.35. The number of hydrogen-bond acceptors (Lipinski definition) is 5. The predicted molar refractivity (Wildman–Crippen MR) is 166 cm³/mol. The minimum Gasteiger partial charge on any atom is -0.503 e. The third-order valence-electron chi connectivity index (χ3n) is 8.06. The second-order valence-electron chi connectivity index (χ2n) is 11.9. The van der Waals surface area contributed by atoms with E-state index >= 15 is 0 Å². The zero-order chi connectivity index (χ0) is 28.7. The van der Waals surface area contributed by atoms with Crippen molar-refractivity contribution >= 4 is 55.0 Å². The molecule has 43 heavy (non-hydrogen) atoms. The molecule has 0 N–H and O–H groups in total. The SMILES string of the molecule is Cc1cnc(-n2c3[c-]c(Oc4[c-]c5c(cc4)oc4oc6cc(C(C)(C)C)cnc6c45)ccc3c3ccccc32)cc1C.[Pt+2]. The Morgan fingerprint density at radius 1 is 0.791 bits per heavy atom. The summed E-state index contributed by atoms with van der Waals surface area (Å²) in [5, 5.41) is 3.79. The summed E-state index contributed by atoms with van der Waals surface area (Å²) in [5.41, 5.74) is 7.49. The molecule has 8 rings (SSSR count). The minimum absolute atomic E-state index is 0. The van der Waals surface area contributed by atoms with Gasteiger partial charge in [-0.15, -0.1) is 17.5 Å². The molecule has 0 unspecified atom stereocenters. The van der Waals surface area contributed by atoms with Crippen LogP contribution in [0.25, 0.3) is 60.9 Å². The van der Waals surface area contributed by atoms with Gasteiger partial charge in [-0.25, -0.2) is 4.98 Å². The molecule has 7 heteroatoms. The van der Waals surface area contributed by atoms with Crippen LogP contribution in [0.3, 0.4) is 0 Å². The first-order chi connectivity index (χ1) is 20.2. The van der Waals surface area contributed by atoms with Gasteiger partial charge in [-0.3, -0.25) is 4.98 Å². The summed E-state index contributed by atoms with van der Waals surface area (Å²) in [6, 6.07) is 27.2. The van der Waals surface area contributed by atoms with E-state index in [0.29, 0.717) is 28.4 Å².